The highest BCUT2D eigenvalue weighted by Crippen LogP contribution is 2.47. The molecule has 2 aromatic heterocycles. The van der Waals surface area contributed by atoms with Crippen LogP contribution in [0.15, 0.2) is 49.6 Å². The normalized spacial score (nSPS) is 14.8. The quantitative estimate of drug-likeness (QED) is 0.325. The number of aromatic nitrogens is 1. The number of hydrogen-bond donors (Lipinski definition) is 0. The highest BCUT2D eigenvalue weighted by Gasteiger charge is 2.29. The molecule has 1 fully saturated rings. The molecule has 1 aromatic carbocycles. The van der Waals surface area contributed by atoms with E-state index in [-0.39, 0.29) is 5.97 Å². The lowest BCUT2D eigenvalue weighted by Crippen LogP contribution is -2.08. The van der Waals surface area contributed by atoms with Gasteiger partial charge in [0, 0.05) is 12.1 Å². The van der Waals surface area contributed by atoms with E-state index >= 15 is 0 Å². The van der Waals surface area contributed by atoms with Gasteiger partial charge in [0.25, 0.3) is 0 Å². The maximum absolute atomic E-state index is 12.2. The largest absolute Gasteiger partial charge is 0.465 e. The molecule has 1 saturated carbocycles. The number of hydrogen-bond acceptors (Lipinski definition) is 3. The van der Waals surface area contributed by atoms with Crippen molar-refractivity contribution in [3.05, 3.63) is 65.6 Å². The van der Waals surface area contributed by atoms with Crippen LogP contribution in [0, 0.1) is 0 Å². The van der Waals surface area contributed by atoms with Gasteiger partial charge in [0.15, 0.2) is 0 Å². The van der Waals surface area contributed by atoms with Crippen molar-refractivity contribution in [1.29, 1.82) is 0 Å². The van der Waals surface area contributed by atoms with E-state index in [4.69, 9.17) is 4.74 Å². The monoisotopic (exact) mass is 405 g/mol. The van der Waals surface area contributed by atoms with Crippen LogP contribution in [0.2, 0.25) is 0 Å². The van der Waals surface area contributed by atoms with Crippen LogP contribution in [0.25, 0.3) is 27.6 Å². The fourth-order valence-corrected chi connectivity index (χ4v) is 5.82. The number of methoxy groups -OCH3 is 1. The van der Waals surface area contributed by atoms with Crippen molar-refractivity contribution in [3.8, 4) is 11.3 Å². The average Bonchev–Trinajstić information content (AvgIpc) is 3.32. The maximum Gasteiger partial charge on any atom is 0.348 e. The van der Waals surface area contributed by atoms with Gasteiger partial charge in [-0.3, -0.25) is 0 Å². The summed E-state index contributed by atoms with van der Waals surface area (Å²) in [7, 11) is 1.44. The first-order chi connectivity index (χ1) is 14.2. The summed E-state index contributed by atoms with van der Waals surface area (Å²) in [6.07, 6.45) is 10.1. The van der Waals surface area contributed by atoms with Crippen LogP contribution in [-0.2, 0) is 11.3 Å². The molecule has 0 saturated heterocycles. The number of thiophene rings is 1. The Morgan fingerprint density at radius 1 is 1.24 bits per heavy atom. The highest BCUT2D eigenvalue weighted by molar-refractivity contribution is 7.21. The number of rotatable bonds is 6. The molecule has 3 nitrogen and oxygen atoms in total. The van der Waals surface area contributed by atoms with E-state index in [2.05, 4.69) is 42.0 Å². The van der Waals surface area contributed by atoms with Gasteiger partial charge < -0.3 is 9.30 Å². The molecule has 4 heteroatoms. The van der Waals surface area contributed by atoms with E-state index in [0.717, 1.165) is 11.1 Å². The topological polar surface area (TPSA) is 31.2 Å². The summed E-state index contributed by atoms with van der Waals surface area (Å²) in [5.41, 5.74) is 6.08. The minimum atomic E-state index is -0.265. The van der Waals surface area contributed by atoms with Crippen molar-refractivity contribution in [3.63, 3.8) is 0 Å². The first-order valence-electron chi connectivity index (χ1n) is 10.3. The minimum absolute atomic E-state index is 0.265. The second-order valence-corrected chi connectivity index (χ2v) is 8.66. The Hall–Kier alpha value is -2.59. The zero-order valence-corrected chi connectivity index (χ0v) is 17.8. The average molecular weight is 406 g/mol. The van der Waals surface area contributed by atoms with Gasteiger partial charge in [0.05, 0.1) is 23.0 Å². The van der Waals surface area contributed by atoms with Gasteiger partial charge in [-0.1, -0.05) is 62.3 Å². The van der Waals surface area contributed by atoms with Crippen molar-refractivity contribution in [2.75, 3.05) is 7.11 Å². The molecule has 0 N–H and O–H groups in total. The Balaban J connectivity index is 2.05. The third kappa shape index (κ3) is 3.46. The Bertz CT molecular complexity index is 1070. The van der Waals surface area contributed by atoms with E-state index in [1.807, 2.05) is 18.2 Å². The van der Waals surface area contributed by atoms with Crippen molar-refractivity contribution < 1.29 is 9.53 Å². The summed E-state index contributed by atoms with van der Waals surface area (Å²) in [6, 6.07) is 10.4. The van der Waals surface area contributed by atoms with Crippen LogP contribution in [0.1, 0.15) is 58.8 Å². The number of allylic oxidation sites excluding steroid dienone is 1. The summed E-state index contributed by atoms with van der Waals surface area (Å²) in [4.78, 5) is 12.9. The van der Waals surface area contributed by atoms with Gasteiger partial charge in [-0.05, 0) is 36.0 Å². The number of fused-ring (bicyclic) bond motifs is 1. The Morgan fingerprint density at radius 3 is 2.69 bits per heavy atom. The SMILES string of the molecule is C=CCn1c(-c2ccccc2C=C)c(C2CCCCC2)c2sc(C(=O)OC)cc21. The molecule has 0 aliphatic heterocycles. The van der Waals surface area contributed by atoms with Crippen molar-refractivity contribution in [2.24, 2.45) is 0 Å². The predicted molar refractivity (Wildman–Crippen MR) is 123 cm³/mol. The summed E-state index contributed by atoms with van der Waals surface area (Å²) in [6.45, 7) is 8.72. The Morgan fingerprint density at radius 2 is 2.00 bits per heavy atom. The molecular weight excluding hydrogens is 378 g/mol. The molecular formula is C25H27NO2S. The molecule has 0 bridgehead atoms. The first kappa shape index (κ1) is 19.7. The maximum atomic E-state index is 12.2. The summed E-state index contributed by atoms with van der Waals surface area (Å²) < 4.78 is 8.53. The summed E-state index contributed by atoms with van der Waals surface area (Å²) >= 11 is 1.56. The van der Waals surface area contributed by atoms with Crippen LogP contribution in [0.4, 0.5) is 0 Å². The van der Waals surface area contributed by atoms with E-state index in [1.165, 1.54) is 60.7 Å². The third-order valence-electron chi connectivity index (χ3n) is 5.92. The fraction of sp³-hybridized carbons (Fsp3) is 0.320. The highest BCUT2D eigenvalue weighted by atomic mass is 32.1. The molecule has 3 aromatic rings. The number of ether oxygens (including phenoxy) is 1. The molecule has 150 valence electrons. The number of esters is 1. The molecule has 0 radical (unpaired) electrons. The van der Waals surface area contributed by atoms with Gasteiger partial charge in [0.2, 0.25) is 0 Å². The van der Waals surface area contributed by atoms with Gasteiger partial charge in [0.1, 0.15) is 4.88 Å². The second-order valence-electron chi connectivity index (χ2n) is 7.60. The van der Waals surface area contributed by atoms with Crippen LogP contribution < -0.4 is 0 Å². The molecule has 1 aliphatic carbocycles. The molecule has 0 atom stereocenters. The molecule has 2 heterocycles. The van der Waals surface area contributed by atoms with Gasteiger partial charge in [-0.15, -0.1) is 17.9 Å². The number of carbonyl (C=O) groups excluding carboxylic acids is 1. The third-order valence-corrected chi connectivity index (χ3v) is 7.06. The Kier molecular flexibility index (Phi) is 5.72. The lowest BCUT2D eigenvalue weighted by Gasteiger charge is -2.24. The van der Waals surface area contributed by atoms with E-state index < -0.39 is 0 Å². The van der Waals surface area contributed by atoms with Gasteiger partial charge in [-0.25, -0.2) is 4.79 Å². The second kappa shape index (κ2) is 8.42. The molecule has 1 aliphatic rings. The molecule has 4 rings (SSSR count). The van der Waals surface area contributed by atoms with Crippen LogP contribution in [0.3, 0.4) is 0 Å². The van der Waals surface area contributed by atoms with Crippen molar-refractivity contribution >= 4 is 33.6 Å². The predicted octanol–water partition coefficient (Wildman–Crippen LogP) is 7.03. The van der Waals surface area contributed by atoms with E-state index in [9.17, 15) is 4.79 Å². The van der Waals surface area contributed by atoms with E-state index in [1.54, 1.807) is 11.3 Å². The van der Waals surface area contributed by atoms with Gasteiger partial charge in [-0.2, -0.15) is 0 Å². The number of carbonyl (C=O) groups is 1. The molecule has 0 spiro atoms. The summed E-state index contributed by atoms with van der Waals surface area (Å²) in [5, 5.41) is 0. The standard InChI is InChI=1S/C25H27NO2S/c1-4-15-26-20-16-21(25(27)28-3)29-24(20)22(18-12-7-6-8-13-18)23(26)19-14-10-9-11-17(19)5-2/h4-5,9-11,14,16,18H,1-2,6-8,12-13,15H2,3H3. The smallest absolute Gasteiger partial charge is 0.348 e. The minimum Gasteiger partial charge on any atom is -0.465 e. The molecule has 29 heavy (non-hydrogen) atoms. The zero-order valence-electron chi connectivity index (χ0n) is 16.9. The molecule has 0 unspecified atom stereocenters. The summed E-state index contributed by atoms with van der Waals surface area (Å²) in [5.74, 6) is 0.244. The van der Waals surface area contributed by atoms with Crippen molar-refractivity contribution in [2.45, 2.75) is 44.6 Å². The zero-order chi connectivity index (χ0) is 20.4. The van der Waals surface area contributed by atoms with Crippen LogP contribution in [0.5, 0.6) is 0 Å². The van der Waals surface area contributed by atoms with Crippen molar-refractivity contribution in [1.82, 2.24) is 4.57 Å². The fourth-order valence-electron chi connectivity index (χ4n) is 4.62. The van der Waals surface area contributed by atoms with Gasteiger partial charge >= 0.3 is 5.97 Å². The Labute approximate surface area is 176 Å². The number of benzene rings is 1. The first-order valence-corrected chi connectivity index (χ1v) is 11.1. The lowest BCUT2D eigenvalue weighted by molar-refractivity contribution is 0.0606. The molecule has 0 amide bonds. The van der Waals surface area contributed by atoms with Crippen LogP contribution in [-0.4, -0.2) is 17.6 Å². The van der Waals surface area contributed by atoms with Crippen LogP contribution >= 0.6 is 11.3 Å². The lowest BCUT2D eigenvalue weighted by atomic mass is 9.82. The van der Waals surface area contributed by atoms with E-state index in [0.29, 0.717) is 17.3 Å². The number of nitrogens with zero attached hydrogens (tertiary/aromatic N) is 1.